The van der Waals surface area contributed by atoms with Crippen LogP contribution in [0, 0.1) is 5.92 Å². The summed E-state index contributed by atoms with van der Waals surface area (Å²) in [6.45, 7) is 4.00. The van der Waals surface area contributed by atoms with Crippen molar-refractivity contribution in [2.75, 3.05) is 11.9 Å². The van der Waals surface area contributed by atoms with E-state index in [1.807, 2.05) is 0 Å². The highest BCUT2D eigenvalue weighted by Crippen LogP contribution is 2.20. The number of carbonyl (C=O) groups excluding carboxylic acids is 1. The maximum atomic E-state index is 13.7. The molecule has 3 atom stereocenters. The molecule has 0 aliphatic carbocycles. The first kappa shape index (κ1) is 20.9. The topological polar surface area (TPSA) is 163 Å². The average Bonchev–Trinajstić information content (AvgIpc) is 3.03. The van der Waals surface area contributed by atoms with Gasteiger partial charge in [0.2, 0.25) is 11.9 Å². The van der Waals surface area contributed by atoms with Crippen molar-refractivity contribution in [1.82, 2.24) is 19.5 Å². The first-order chi connectivity index (χ1) is 12.6. The van der Waals surface area contributed by atoms with E-state index in [2.05, 4.69) is 20.3 Å². The number of alkyl halides is 1. The van der Waals surface area contributed by atoms with Crippen molar-refractivity contribution in [3.05, 3.63) is 16.7 Å². The normalized spacial score (nSPS) is 15.3. The minimum atomic E-state index is -2.33. The number of aromatic nitrogens is 4. The Morgan fingerprint density at radius 3 is 2.63 bits per heavy atom. The van der Waals surface area contributed by atoms with Gasteiger partial charge in [0.1, 0.15) is 12.3 Å². The summed E-state index contributed by atoms with van der Waals surface area (Å²) >= 11 is 0. The Labute approximate surface area is 152 Å². The highest BCUT2D eigenvalue weighted by molar-refractivity contribution is 5.91. The van der Waals surface area contributed by atoms with Gasteiger partial charge >= 0.3 is 0 Å². The van der Waals surface area contributed by atoms with Gasteiger partial charge in [-0.2, -0.15) is 4.98 Å². The molecule has 0 aliphatic rings. The Kier molecular flexibility index (Phi) is 6.59. The number of fused-ring (bicyclic) bond motifs is 1. The Balaban J connectivity index is 2.34. The van der Waals surface area contributed by atoms with E-state index in [1.165, 1.54) is 17.8 Å². The number of amides is 1. The molecular formula is C15H22FN5O6. The summed E-state index contributed by atoms with van der Waals surface area (Å²) in [7, 11) is 0. The van der Waals surface area contributed by atoms with Crippen molar-refractivity contribution in [2.45, 2.75) is 45.6 Å². The predicted octanol–water partition coefficient (Wildman–Crippen LogP) is -0.741. The average molecular weight is 387 g/mol. The third-order valence-electron chi connectivity index (χ3n) is 3.78. The van der Waals surface area contributed by atoms with Gasteiger partial charge in [-0.05, 0) is 6.92 Å². The maximum absolute atomic E-state index is 13.7. The van der Waals surface area contributed by atoms with Crippen LogP contribution in [0.2, 0.25) is 0 Å². The van der Waals surface area contributed by atoms with E-state index in [-0.39, 0.29) is 28.9 Å². The van der Waals surface area contributed by atoms with E-state index in [4.69, 9.17) is 14.9 Å². The van der Waals surface area contributed by atoms with E-state index < -0.39 is 37.0 Å². The lowest BCUT2D eigenvalue weighted by Crippen LogP contribution is -2.39. The summed E-state index contributed by atoms with van der Waals surface area (Å²) in [5.41, 5.74) is -0.577. The molecule has 0 fully saturated rings. The van der Waals surface area contributed by atoms with Crippen LogP contribution < -0.4 is 10.9 Å². The van der Waals surface area contributed by atoms with Crippen LogP contribution in [0.3, 0.4) is 0 Å². The molecule has 0 bridgehead atoms. The number of imidazole rings is 1. The SMILES string of the molecule is CC(C)C(=O)Nc1nc2c(ncn2[C@@H](C)OC(CO)C(F)C(O)O)c(=O)[nH]1. The van der Waals surface area contributed by atoms with Gasteiger partial charge in [-0.25, -0.2) is 9.37 Å². The number of hydrogen-bond donors (Lipinski definition) is 5. The number of aliphatic hydroxyl groups is 3. The standard InChI is InChI=1S/C15H22FN5O6/c1-6(2)12(23)19-15-18-11-10(13(24)20-15)17-5-21(11)7(3)27-8(4-22)9(16)14(25)26/h5-9,14,22,25-26H,4H2,1-3H3,(H2,18,19,20,23,24)/t7-,8?,9?/m1/s1. The van der Waals surface area contributed by atoms with Crippen molar-refractivity contribution in [3.63, 3.8) is 0 Å². The van der Waals surface area contributed by atoms with Gasteiger partial charge in [-0.3, -0.25) is 24.5 Å². The third kappa shape index (κ3) is 4.66. The van der Waals surface area contributed by atoms with E-state index in [0.717, 1.165) is 0 Å². The molecule has 0 radical (unpaired) electrons. The Bertz CT molecular complexity index is 851. The van der Waals surface area contributed by atoms with Crippen molar-refractivity contribution in [3.8, 4) is 0 Å². The van der Waals surface area contributed by atoms with Crippen LogP contribution in [-0.4, -0.2) is 65.9 Å². The van der Waals surface area contributed by atoms with E-state index in [0.29, 0.717) is 0 Å². The molecule has 11 nitrogen and oxygen atoms in total. The second-order valence-corrected chi connectivity index (χ2v) is 6.20. The van der Waals surface area contributed by atoms with Crippen LogP contribution in [0.25, 0.3) is 11.2 Å². The van der Waals surface area contributed by atoms with Crippen LogP contribution >= 0.6 is 0 Å². The van der Waals surface area contributed by atoms with Gasteiger partial charge in [0.05, 0.1) is 12.9 Å². The fourth-order valence-electron chi connectivity index (χ4n) is 2.24. The summed E-state index contributed by atoms with van der Waals surface area (Å²) in [6, 6.07) is 0. The number of carbonyl (C=O) groups is 1. The van der Waals surface area contributed by atoms with Gasteiger partial charge in [0.15, 0.2) is 23.6 Å². The minimum absolute atomic E-state index is 0.0347. The van der Waals surface area contributed by atoms with Crippen molar-refractivity contribution >= 4 is 23.0 Å². The number of rotatable bonds is 8. The van der Waals surface area contributed by atoms with Gasteiger partial charge in [-0.1, -0.05) is 13.8 Å². The smallest absolute Gasteiger partial charge is 0.280 e. The summed E-state index contributed by atoms with van der Waals surface area (Å²) in [5.74, 6) is -0.784. The molecule has 2 rings (SSSR count). The Morgan fingerprint density at radius 1 is 1.41 bits per heavy atom. The van der Waals surface area contributed by atoms with E-state index >= 15 is 0 Å². The van der Waals surface area contributed by atoms with E-state index in [9.17, 15) is 19.1 Å². The molecule has 150 valence electrons. The molecule has 2 heterocycles. The number of halogens is 1. The van der Waals surface area contributed by atoms with Crippen LogP contribution in [0.15, 0.2) is 11.1 Å². The lowest BCUT2D eigenvalue weighted by molar-refractivity contribution is -0.170. The summed E-state index contributed by atoms with van der Waals surface area (Å²) in [5, 5.41) is 29.5. The molecule has 2 aromatic rings. The molecular weight excluding hydrogens is 365 g/mol. The Hall–Kier alpha value is -2.41. The van der Waals surface area contributed by atoms with E-state index in [1.54, 1.807) is 13.8 Å². The van der Waals surface area contributed by atoms with Gasteiger partial charge < -0.3 is 20.1 Å². The number of nitrogens with one attached hydrogen (secondary N) is 2. The predicted molar refractivity (Wildman–Crippen MR) is 91.4 cm³/mol. The molecule has 1 amide bonds. The maximum Gasteiger partial charge on any atom is 0.280 e. The zero-order chi connectivity index (χ0) is 20.3. The number of anilines is 1. The molecule has 0 spiro atoms. The summed E-state index contributed by atoms with van der Waals surface area (Å²) in [4.78, 5) is 34.4. The number of H-pyrrole nitrogens is 1. The fourth-order valence-corrected chi connectivity index (χ4v) is 2.24. The third-order valence-corrected chi connectivity index (χ3v) is 3.78. The lowest BCUT2D eigenvalue weighted by atomic mass is 10.2. The fraction of sp³-hybridized carbons (Fsp3) is 0.600. The van der Waals surface area contributed by atoms with Crippen molar-refractivity contribution < 1.29 is 29.2 Å². The monoisotopic (exact) mass is 387 g/mol. The summed E-state index contributed by atoms with van der Waals surface area (Å²) in [6.07, 6.45) is -5.84. The highest BCUT2D eigenvalue weighted by Gasteiger charge is 2.30. The first-order valence-corrected chi connectivity index (χ1v) is 8.20. The molecule has 0 saturated carbocycles. The number of aliphatic hydroxyl groups excluding tert-OH is 2. The molecule has 5 N–H and O–H groups in total. The quantitative estimate of drug-likeness (QED) is 0.370. The zero-order valence-corrected chi connectivity index (χ0v) is 15.0. The molecule has 0 aromatic carbocycles. The largest absolute Gasteiger partial charge is 0.394 e. The number of nitrogens with zero attached hydrogens (tertiary/aromatic N) is 3. The van der Waals surface area contributed by atoms with Crippen LogP contribution in [0.4, 0.5) is 10.3 Å². The van der Waals surface area contributed by atoms with Crippen LogP contribution in [0.5, 0.6) is 0 Å². The second-order valence-electron chi connectivity index (χ2n) is 6.20. The molecule has 0 aliphatic heterocycles. The Morgan fingerprint density at radius 2 is 2.07 bits per heavy atom. The summed E-state index contributed by atoms with van der Waals surface area (Å²) < 4.78 is 20.3. The van der Waals surface area contributed by atoms with Crippen LogP contribution in [0.1, 0.15) is 27.0 Å². The molecule has 27 heavy (non-hydrogen) atoms. The van der Waals surface area contributed by atoms with Gasteiger partial charge in [-0.15, -0.1) is 0 Å². The molecule has 0 saturated heterocycles. The van der Waals surface area contributed by atoms with Crippen molar-refractivity contribution in [2.24, 2.45) is 5.92 Å². The molecule has 2 aromatic heterocycles. The number of ether oxygens (including phenoxy) is 1. The highest BCUT2D eigenvalue weighted by atomic mass is 19.1. The second kappa shape index (κ2) is 8.52. The minimum Gasteiger partial charge on any atom is -0.394 e. The zero-order valence-electron chi connectivity index (χ0n) is 15.0. The molecule has 12 heteroatoms. The van der Waals surface area contributed by atoms with Gasteiger partial charge in [0, 0.05) is 5.92 Å². The first-order valence-electron chi connectivity index (χ1n) is 8.20. The van der Waals surface area contributed by atoms with Crippen LogP contribution in [-0.2, 0) is 9.53 Å². The van der Waals surface area contributed by atoms with Crippen molar-refractivity contribution in [1.29, 1.82) is 0 Å². The lowest BCUT2D eigenvalue weighted by Gasteiger charge is -2.25. The number of aromatic amines is 1. The molecule has 2 unspecified atom stereocenters. The van der Waals surface area contributed by atoms with Gasteiger partial charge in [0.25, 0.3) is 5.56 Å². The number of hydrogen-bond acceptors (Lipinski definition) is 8.